The number of aliphatic imine (C=N–C) groups is 1. The van der Waals surface area contributed by atoms with Crippen molar-refractivity contribution in [3.05, 3.63) is 63.5 Å². The Hall–Kier alpha value is -2.62. The second-order valence-corrected chi connectivity index (χ2v) is 8.38. The summed E-state index contributed by atoms with van der Waals surface area (Å²) in [5, 5.41) is 9.38. The molecule has 162 valence electrons. The molecule has 3 rings (SSSR count). The van der Waals surface area contributed by atoms with Gasteiger partial charge in [0.25, 0.3) is 5.91 Å². The van der Waals surface area contributed by atoms with Crippen LogP contribution < -0.4 is 4.74 Å². The number of carbonyl (C=O) groups is 2. The molecule has 1 amide bonds. The number of hydrogen-bond donors (Lipinski definition) is 1. The molecule has 1 saturated heterocycles. The van der Waals surface area contributed by atoms with E-state index in [-0.39, 0.29) is 5.91 Å². The van der Waals surface area contributed by atoms with E-state index in [1.807, 2.05) is 30.3 Å². The highest BCUT2D eigenvalue weighted by Gasteiger charge is 2.33. The number of halogens is 1. The minimum absolute atomic E-state index is 0.113. The van der Waals surface area contributed by atoms with Gasteiger partial charge in [-0.2, -0.15) is 0 Å². The fraction of sp³-hybridized carbons (Fsp3) is 0.227. The summed E-state index contributed by atoms with van der Waals surface area (Å²) in [7, 11) is 1.63. The molecule has 0 aliphatic carbocycles. The average molecular weight is 505 g/mol. The van der Waals surface area contributed by atoms with Gasteiger partial charge in [-0.1, -0.05) is 24.3 Å². The molecular weight excluding hydrogens is 484 g/mol. The van der Waals surface area contributed by atoms with Crippen molar-refractivity contribution in [1.82, 2.24) is 4.90 Å². The molecule has 1 heterocycles. The first-order valence-electron chi connectivity index (χ1n) is 9.46. The van der Waals surface area contributed by atoms with E-state index in [9.17, 15) is 9.59 Å². The summed E-state index contributed by atoms with van der Waals surface area (Å²) in [6.45, 7) is 0.633. The van der Waals surface area contributed by atoms with Gasteiger partial charge in [-0.05, 0) is 70.0 Å². The first-order valence-corrected chi connectivity index (χ1v) is 11.1. The Balaban J connectivity index is 1.84. The van der Waals surface area contributed by atoms with E-state index in [0.29, 0.717) is 39.9 Å². The first kappa shape index (κ1) is 23.1. The fourth-order valence-corrected chi connectivity index (χ4v) is 4.32. The number of carboxylic acids is 1. The lowest BCUT2D eigenvalue weighted by Gasteiger charge is -2.15. The van der Waals surface area contributed by atoms with Crippen LogP contribution in [0.3, 0.4) is 0 Å². The molecule has 2 aromatic rings. The number of ether oxygens (including phenoxy) is 2. The Kier molecular flexibility index (Phi) is 8.27. The van der Waals surface area contributed by atoms with E-state index in [0.717, 1.165) is 11.3 Å². The van der Waals surface area contributed by atoms with Crippen molar-refractivity contribution in [2.75, 3.05) is 26.9 Å². The Labute approximate surface area is 192 Å². The minimum Gasteiger partial charge on any atom is -0.481 e. The summed E-state index contributed by atoms with van der Waals surface area (Å²) in [5.41, 5.74) is 1.56. The summed E-state index contributed by atoms with van der Waals surface area (Å²) >= 11 is 4.71. The number of aliphatic carboxylic acids is 1. The smallest absolute Gasteiger partial charge is 0.341 e. The molecular formula is C22H21BrN2O5S. The van der Waals surface area contributed by atoms with Gasteiger partial charge in [-0.3, -0.25) is 9.69 Å². The van der Waals surface area contributed by atoms with Gasteiger partial charge in [0.1, 0.15) is 5.75 Å². The number of para-hydroxylation sites is 1. The Bertz CT molecular complexity index is 1010. The second-order valence-electron chi connectivity index (χ2n) is 6.52. The van der Waals surface area contributed by atoms with E-state index in [2.05, 4.69) is 20.9 Å². The Morgan fingerprint density at radius 3 is 2.71 bits per heavy atom. The van der Waals surface area contributed by atoms with Crippen LogP contribution in [0.2, 0.25) is 0 Å². The van der Waals surface area contributed by atoms with Gasteiger partial charge in [-0.25, -0.2) is 9.79 Å². The maximum Gasteiger partial charge on any atom is 0.341 e. The lowest BCUT2D eigenvalue weighted by Crippen LogP contribution is -2.30. The highest BCUT2D eigenvalue weighted by Crippen LogP contribution is 2.35. The molecule has 2 aromatic carbocycles. The van der Waals surface area contributed by atoms with E-state index < -0.39 is 12.6 Å². The third-order valence-corrected chi connectivity index (χ3v) is 5.83. The molecule has 1 fully saturated rings. The zero-order valence-electron chi connectivity index (χ0n) is 16.8. The second kappa shape index (κ2) is 11.1. The monoisotopic (exact) mass is 504 g/mol. The molecule has 0 bridgehead atoms. The number of benzene rings is 2. The molecule has 9 heteroatoms. The van der Waals surface area contributed by atoms with Crippen molar-refractivity contribution in [2.24, 2.45) is 4.99 Å². The van der Waals surface area contributed by atoms with Crippen LogP contribution in [0.4, 0.5) is 5.69 Å². The zero-order chi connectivity index (χ0) is 22.2. The standard InChI is InChI=1S/C22H21BrN2O5S/c1-29-11-5-10-25-21(28)19(31-22(25)24-16-6-3-2-4-7-16)13-15-8-9-18(17(23)12-15)30-14-20(26)27/h2-4,6-9,12-13H,5,10-11,14H2,1H3,(H,26,27)/b19-13-,24-22?. The number of carbonyl (C=O) groups excluding carboxylic acids is 1. The number of amides is 1. The molecule has 1 N–H and O–H groups in total. The molecule has 0 spiro atoms. The van der Waals surface area contributed by atoms with Crippen molar-refractivity contribution in [3.8, 4) is 5.75 Å². The van der Waals surface area contributed by atoms with Crippen molar-refractivity contribution in [2.45, 2.75) is 6.42 Å². The van der Waals surface area contributed by atoms with E-state index in [1.165, 1.54) is 11.8 Å². The van der Waals surface area contributed by atoms with Crippen molar-refractivity contribution in [1.29, 1.82) is 0 Å². The number of methoxy groups -OCH3 is 1. The van der Waals surface area contributed by atoms with Gasteiger partial charge in [0.15, 0.2) is 11.8 Å². The van der Waals surface area contributed by atoms with Gasteiger partial charge >= 0.3 is 5.97 Å². The summed E-state index contributed by atoms with van der Waals surface area (Å²) in [6.07, 6.45) is 2.49. The number of rotatable bonds is 9. The van der Waals surface area contributed by atoms with Crippen LogP contribution in [0.5, 0.6) is 5.75 Å². The number of hydrogen-bond acceptors (Lipinski definition) is 6. The molecule has 1 aliphatic heterocycles. The molecule has 0 aromatic heterocycles. The van der Waals surface area contributed by atoms with Crippen LogP contribution in [0.15, 0.2) is 62.9 Å². The number of nitrogens with zero attached hydrogens (tertiary/aromatic N) is 2. The predicted octanol–water partition coefficient (Wildman–Crippen LogP) is 4.55. The largest absolute Gasteiger partial charge is 0.481 e. The van der Waals surface area contributed by atoms with Crippen LogP contribution in [0.1, 0.15) is 12.0 Å². The van der Waals surface area contributed by atoms with Gasteiger partial charge in [0, 0.05) is 20.3 Å². The molecule has 0 atom stereocenters. The third-order valence-electron chi connectivity index (χ3n) is 4.20. The number of thioether (sulfide) groups is 1. The normalized spacial score (nSPS) is 16.3. The Morgan fingerprint density at radius 1 is 1.26 bits per heavy atom. The lowest BCUT2D eigenvalue weighted by molar-refractivity contribution is -0.139. The maximum atomic E-state index is 13.0. The molecule has 31 heavy (non-hydrogen) atoms. The maximum absolute atomic E-state index is 13.0. The van der Waals surface area contributed by atoms with Gasteiger partial charge in [0.2, 0.25) is 0 Å². The van der Waals surface area contributed by atoms with Gasteiger partial charge < -0.3 is 14.6 Å². The summed E-state index contributed by atoms with van der Waals surface area (Å²) < 4.78 is 10.9. The van der Waals surface area contributed by atoms with Crippen LogP contribution in [-0.2, 0) is 14.3 Å². The minimum atomic E-state index is -1.05. The highest BCUT2D eigenvalue weighted by molar-refractivity contribution is 9.10. The third kappa shape index (κ3) is 6.43. The summed E-state index contributed by atoms with van der Waals surface area (Å²) in [5.74, 6) is -0.745. The Morgan fingerprint density at radius 2 is 2.03 bits per heavy atom. The number of carboxylic acid groups (broad SMARTS) is 1. The fourth-order valence-electron chi connectivity index (χ4n) is 2.78. The van der Waals surface area contributed by atoms with Crippen LogP contribution in [-0.4, -0.2) is 53.9 Å². The topological polar surface area (TPSA) is 88.4 Å². The summed E-state index contributed by atoms with van der Waals surface area (Å²) in [6, 6.07) is 14.7. The summed E-state index contributed by atoms with van der Waals surface area (Å²) in [4.78, 5) is 30.6. The zero-order valence-corrected chi connectivity index (χ0v) is 19.2. The SMILES string of the molecule is COCCCN1C(=O)/C(=C/c2ccc(OCC(=O)O)c(Br)c2)SC1=Nc1ccccc1. The molecule has 1 aliphatic rings. The van der Waals surface area contributed by atoms with Crippen LogP contribution >= 0.6 is 27.7 Å². The lowest BCUT2D eigenvalue weighted by atomic mass is 10.2. The van der Waals surface area contributed by atoms with E-state index in [1.54, 1.807) is 36.3 Å². The van der Waals surface area contributed by atoms with Crippen molar-refractivity contribution in [3.63, 3.8) is 0 Å². The molecule has 0 unspecified atom stereocenters. The first-order chi connectivity index (χ1) is 15.0. The highest BCUT2D eigenvalue weighted by atomic mass is 79.9. The van der Waals surface area contributed by atoms with E-state index >= 15 is 0 Å². The molecule has 0 saturated carbocycles. The van der Waals surface area contributed by atoms with E-state index in [4.69, 9.17) is 14.6 Å². The predicted molar refractivity (Wildman–Crippen MR) is 125 cm³/mol. The molecule has 7 nitrogen and oxygen atoms in total. The van der Waals surface area contributed by atoms with Gasteiger partial charge in [0.05, 0.1) is 15.1 Å². The average Bonchev–Trinajstić information content (AvgIpc) is 3.03. The van der Waals surface area contributed by atoms with Crippen LogP contribution in [0.25, 0.3) is 6.08 Å². The van der Waals surface area contributed by atoms with Crippen LogP contribution in [0, 0.1) is 0 Å². The van der Waals surface area contributed by atoms with Crippen molar-refractivity contribution < 1.29 is 24.2 Å². The molecule has 0 radical (unpaired) electrons. The number of amidine groups is 1. The van der Waals surface area contributed by atoms with Crippen molar-refractivity contribution >= 4 is 56.5 Å². The van der Waals surface area contributed by atoms with Gasteiger partial charge in [-0.15, -0.1) is 0 Å². The quantitative estimate of drug-likeness (QED) is 0.398.